The second-order valence-corrected chi connectivity index (χ2v) is 29.0. The van der Waals surface area contributed by atoms with Gasteiger partial charge in [-0.15, -0.1) is 0 Å². The minimum atomic E-state index is -1.51. The summed E-state index contributed by atoms with van der Waals surface area (Å²) in [4.78, 5) is 0. The molecule has 4 heteroatoms. The van der Waals surface area contributed by atoms with Gasteiger partial charge in [0.15, 0.2) is 0 Å². The Bertz CT molecular complexity index is 2610. The molecule has 2 atom stereocenters. The van der Waals surface area contributed by atoms with E-state index in [-0.39, 0.29) is 41.6 Å². The van der Waals surface area contributed by atoms with Gasteiger partial charge in [0.25, 0.3) is 0 Å². The van der Waals surface area contributed by atoms with Crippen molar-refractivity contribution in [1.82, 2.24) is 0 Å². The van der Waals surface area contributed by atoms with Gasteiger partial charge in [0, 0.05) is 0 Å². The Balaban J connectivity index is 0.00000264. The molecule has 0 saturated carbocycles. The predicted molar refractivity (Wildman–Crippen MR) is 245 cm³/mol. The van der Waals surface area contributed by atoms with E-state index in [1.165, 1.54) is 55.3 Å². The van der Waals surface area contributed by atoms with Crippen molar-refractivity contribution in [2.45, 2.75) is 81.7 Å². The Hall–Kier alpha value is -3.78. The summed E-state index contributed by atoms with van der Waals surface area (Å²) in [7, 11) is 0. The molecule has 296 valence electrons. The van der Waals surface area contributed by atoms with Gasteiger partial charge in [-0.25, -0.2) is 0 Å². The van der Waals surface area contributed by atoms with E-state index in [0.29, 0.717) is 3.63 Å². The Kier molecular flexibility index (Phi) is 12.7. The number of halogens is 2. The largest absolute Gasteiger partial charge is 1.00 e. The van der Waals surface area contributed by atoms with Gasteiger partial charge in [0.1, 0.15) is 0 Å². The molecule has 0 saturated heterocycles. The maximum Gasteiger partial charge on any atom is -1.00 e. The van der Waals surface area contributed by atoms with Gasteiger partial charge in [0.05, 0.1) is 0 Å². The molecule has 7 aromatic rings. The zero-order valence-corrected chi connectivity index (χ0v) is 40.5. The van der Waals surface area contributed by atoms with Crippen molar-refractivity contribution in [2.75, 3.05) is 0 Å². The molecule has 2 aliphatic carbocycles. The second kappa shape index (κ2) is 17.3. The van der Waals surface area contributed by atoms with Crippen LogP contribution in [0.5, 0.6) is 0 Å². The molecule has 0 heterocycles. The molecule has 59 heavy (non-hydrogen) atoms. The number of fused-ring (bicyclic) bond motifs is 5. The van der Waals surface area contributed by atoms with Crippen LogP contribution in [-0.2, 0) is 33.2 Å². The van der Waals surface area contributed by atoms with Gasteiger partial charge in [-0.3, -0.25) is 0 Å². The first-order valence-corrected chi connectivity index (χ1v) is 28.4. The van der Waals surface area contributed by atoms with E-state index in [1.807, 2.05) is 0 Å². The summed E-state index contributed by atoms with van der Waals surface area (Å²) in [5, 5.41) is 5.83. The fourth-order valence-corrected chi connectivity index (χ4v) is 24.5. The zero-order valence-electron chi connectivity index (χ0n) is 35.4. The summed E-state index contributed by atoms with van der Waals surface area (Å²) in [6, 6.07) is 58.8. The van der Waals surface area contributed by atoms with Gasteiger partial charge in [-0.1, -0.05) is 0 Å². The van der Waals surface area contributed by atoms with Crippen molar-refractivity contribution in [2.24, 2.45) is 0 Å². The van der Waals surface area contributed by atoms with E-state index >= 15 is 0 Å². The summed E-state index contributed by atoms with van der Waals surface area (Å²) in [5.74, 6) is -1.28. The molecule has 0 aromatic heterocycles. The van der Waals surface area contributed by atoms with Crippen LogP contribution in [0.25, 0.3) is 39.1 Å². The third-order valence-electron chi connectivity index (χ3n) is 12.6. The van der Waals surface area contributed by atoms with Gasteiger partial charge < -0.3 is 24.8 Å². The van der Waals surface area contributed by atoms with Gasteiger partial charge in [0.2, 0.25) is 0 Å². The Labute approximate surface area is 377 Å². The Morgan fingerprint density at radius 3 is 1.81 bits per heavy atom. The number of hydrogen-bond acceptors (Lipinski definition) is 0. The van der Waals surface area contributed by atoms with E-state index in [1.54, 1.807) is 32.6 Å². The molecule has 0 N–H and O–H groups in total. The smallest absolute Gasteiger partial charge is 1.00 e. The molecule has 2 unspecified atom stereocenters. The minimum Gasteiger partial charge on any atom is -1.00 e. The SMILES string of the molecule is CCCC1=Cc2c(-c3cccc4ccccc34)cccc2C1c1c(C(C)(C)C)ccc2c1[CH]([Zr+2][SiH](c1ccccc1)c1ccccc1)c1cc(C(C)(C)C)ccc1-2.[Cl-].[Cl-]. The zero-order chi connectivity index (χ0) is 39.5. The number of rotatable bonds is 8. The van der Waals surface area contributed by atoms with Gasteiger partial charge in [-0.05, 0) is 0 Å². The molecule has 0 amide bonds. The topological polar surface area (TPSA) is 0 Å². The maximum atomic E-state index is 2.65. The van der Waals surface area contributed by atoms with Crippen LogP contribution in [0.4, 0.5) is 0 Å². The quantitative estimate of drug-likeness (QED) is 0.143. The summed E-state index contributed by atoms with van der Waals surface area (Å²) in [6.07, 6.45) is 4.84. The molecule has 0 aliphatic heterocycles. The van der Waals surface area contributed by atoms with Crippen molar-refractivity contribution < 1.29 is 47.2 Å². The maximum absolute atomic E-state index is 2.65. The number of hydrogen-bond donors (Lipinski definition) is 0. The minimum absolute atomic E-state index is 0. The average molecular weight is 905 g/mol. The molecule has 0 bridgehead atoms. The average Bonchev–Trinajstić information content (AvgIpc) is 3.74. The van der Waals surface area contributed by atoms with Crippen molar-refractivity contribution in [3.05, 3.63) is 196 Å². The standard InChI is InChI=1S/C43H43.C12H11Si.2ClH.Zr/c1-8-13-28-25-37-34(33-17-11-15-27-14-9-10-16-31(27)33)18-12-19-36(37)40(28)41-38-26-29-24-30(42(2,3)4)20-21-32(29)35(38)22-23-39(41)43(5,6)7;1-3-7-11(8-4-1)13-12-9-5-2-6-10-12;;;/h9-12,14-26,40H,8,13H2,1-7H3;1-10,13H;2*1H;/q;;;;+2/p-2. The molecular formula is C55H54Cl2SiZr. The molecule has 0 spiro atoms. The molecule has 9 rings (SSSR count). The Morgan fingerprint density at radius 1 is 0.542 bits per heavy atom. The molecule has 7 aromatic carbocycles. The molecule has 2 aliphatic rings. The summed E-state index contributed by atoms with van der Waals surface area (Å²) < 4.78 is 0.462. The van der Waals surface area contributed by atoms with Crippen LogP contribution in [0.15, 0.2) is 157 Å². The van der Waals surface area contributed by atoms with E-state index in [4.69, 9.17) is 0 Å². The van der Waals surface area contributed by atoms with Crippen molar-refractivity contribution >= 4 is 33.1 Å². The van der Waals surface area contributed by atoms with Crippen LogP contribution < -0.4 is 35.2 Å². The molecule has 0 fully saturated rings. The summed E-state index contributed by atoms with van der Waals surface area (Å²) in [5.41, 5.74) is 18.0. The first kappa shape index (κ1) is 43.3. The first-order valence-electron chi connectivity index (χ1n) is 21.0. The molecule has 0 radical (unpaired) electrons. The third kappa shape index (κ3) is 7.97. The second-order valence-electron chi connectivity index (χ2n) is 18.4. The van der Waals surface area contributed by atoms with Gasteiger partial charge >= 0.3 is 356 Å². The monoisotopic (exact) mass is 902 g/mol. The summed E-state index contributed by atoms with van der Waals surface area (Å²) in [6.45, 7) is 16.9. The van der Waals surface area contributed by atoms with Crippen LogP contribution in [0.3, 0.4) is 0 Å². The van der Waals surface area contributed by atoms with Crippen molar-refractivity contribution in [3.8, 4) is 22.3 Å². The fourth-order valence-electron chi connectivity index (χ4n) is 9.84. The molecule has 0 nitrogen and oxygen atoms in total. The predicted octanol–water partition coefficient (Wildman–Crippen LogP) is 7.13. The fraction of sp³-hybridized carbons (Fsp3) is 0.236. The van der Waals surface area contributed by atoms with Crippen LogP contribution in [-0.4, -0.2) is 5.92 Å². The van der Waals surface area contributed by atoms with Crippen LogP contribution >= 0.6 is 0 Å². The van der Waals surface area contributed by atoms with Crippen molar-refractivity contribution in [1.29, 1.82) is 0 Å². The van der Waals surface area contributed by atoms with E-state index < -0.39 is 28.3 Å². The summed E-state index contributed by atoms with van der Waals surface area (Å²) >= 11 is -1.16. The normalized spacial score (nSPS) is 15.4. The van der Waals surface area contributed by atoms with E-state index in [0.717, 1.165) is 12.8 Å². The van der Waals surface area contributed by atoms with Gasteiger partial charge in [-0.2, -0.15) is 0 Å². The van der Waals surface area contributed by atoms with E-state index in [2.05, 4.69) is 206 Å². The number of benzene rings is 7. The van der Waals surface area contributed by atoms with Crippen molar-refractivity contribution in [3.63, 3.8) is 0 Å². The Morgan fingerprint density at radius 2 is 1.15 bits per heavy atom. The van der Waals surface area contributed by atoms with Crippen LogP contribution in [0.2, 0.25) is 0 Å². The number of allylic oxidation sites excluding steroid dienone is 1. The third-order valence-corrected chi connectivity index (χ3v) is 26.6. The van der Waals surface area contributed by atoms with Crippen LogP contribution in [0, 0.1) is 0 Å². The first-order chi connectivity index (χ1) is 27.5. The molecular weight excluding hydrogens is 851 g/mol. The van der Waals surface area contributed by atoms with E-state index in [9.17, 15) is 0 Å². The van der Waals surface area contributed by atoms with Crippen LogP contribution in [0.1, 0.15) is 110 Å².